The van der Waals surface area contributed by atoms with E-state index in [0.717, 1.165) is 26.1 Å². The average molecular weight is 286 g/mol. The van der Waals surface area contributed by atoms with Crippen molar-refractivity contribution in [2.24, 2.45) is 0 Å². The van der Waals surface area contributed by atoms with Gasteiger partial charge in [-0.3, -0.25) is 4.79 Å². The predicted octanol–water partition coefficient (Wildman–Crippen LogP) is 1.24. The molecule has 0 aliphatic carbocycles. The zero-order chi connectivity index (χ0) is 13.8. The van der Waals surface area contributed by atoms with Crippen molar-refractivity contribution in [3.05, 3.63) is 0 Å². The summed E-state index contributed by atoms with van der Waals surface area (Å²) in [5.74, 6) is -0.363. The summed E-state index contributed by atoms with van der Waals surface area (Å²) in [6.07, 6.45) is 3.68. The van der Waals surface area contributed by atoms with Gasteiger partial charge in [-0.2, -0.15) is 0 Å². The molecule has 0 aromatic rings. The van der Waals surface area contributed by atoms with Crippen molar-refractivity contribution >= 4 is 23.6 Å². The third-order valence-corrected chi connectivity index (χ3v) is 5.31. The largest absolute Gasteiger partial charge is 0.480 e. The van der Waals surface area contributed by atoms with Crippen LogP contribution in [-0.4, -0.2) is 63.6 Å². The van der Waals surface area contributed by atoms with Crippen LogP contribution in [0.3, 0.4) is 0 Å². The number of carboxylic acid groups (broad SMARTS) is 1. The Bertz CT molecular complexity index is 345. The summed E-state index contributed by atoms with van der Waals surface area (Å²) in [6.45, 7) is 4.91. The van der Waals surface area contributed by atoms with Crippen LogP contribution in [-0.2, 0) is 9.59 Å². The van der Waals surface area contributed by atoms with Crippen LogP contribution < -0.4 is 0 Å². The fraction of sp³-hybridized carbons (Fsp3) is 0.846. The van der Waals surface area contributed by atoms with Crippen LogP contribution in [0.1, 0.15) is 32.6 Å². The van der Waals surface area contributed by atoms with Crippen molar-refractivity contribution in [2.75, 3.05) is 25.4 Å². The summed E-state index contributed by atoms with van der Waals surface area (Å²) >= 11 is 1.58. The number of aliphatic carboxylic acids is 1. The molecule has 2 unspecified atom stereocenters. The molecular weight excluding hydrogens is 264 g/mol. The number of nitrogens with zero attached hydrogens (tertiary/aromatic N) is 2. The summed E-state index contributed by atoms with van der Waals surface area (Å²) in [4.78, 5) is 27.4. The van der Waals surface area contributed by atoms with Gasteiger partial charge >= 0.3 is 5.97 Å². The van der Waals surface area contributed by atoms with Crippen molar-refractivity contribution in [3.8, 4) is 0 Å². The Morgan fingerprint density at radius 1 is 1.32 bits per heavy atom. The normalized spacial score (nSPS) is 27.9. The molecule has 5 nitrogen and oxygen atoms in total. The highest BCUT2D eigenvalue weighted by atomic mass is 32.2. The van der Waals surface area contributed by atoms with Crippen LogP contribution >= 0.6 is 11.8 Å². The Hall–Kier alpha value is -0.750. The smallest absolute Gasteiger partial charge is 0.327 e. The quantitative estimate of drug-likeness (QED) is 0.824. The first-order valence-corrected chi connectivity index (χ1v) is 8.06. The fourth-order valence-corrected chi connectivity index (χ4v) is 4.16. The molecule has 0 aromatic heterocycles. The van der Waals surface area contributed by atoms with Gasteiger partial charge in [0.15, 0.2) is 0 Å². The molecule has 108 valence electrons. The van der Waals surface area contributed by atoms with Crippen molar-refractivity contribution < 1.29 is 14.7 Å². The van der Waals surface area contributed by atoms with E-state index in [9.17, 15) is 14.7 Å². The number of hydrogen-bond donors (Lipinski definition) is 1. The minimum absolute atomic E-state index is 0.00356. The third kappa shape index (κ3) is 3.42. The molecule has 2 heterocycles. The van der Waals surface area contributed by atoms with E-state index < -0.39 is 12.0 Å². The van der Waals surface area contributed by atoms with Crippen molar-refractivity contribution in [3.63, 3.8) is 0 Å². The first-order valence-electron chi connectivity index (χ1n) is 7.01. The van der Waals surface area contributed by atoms with Crippen LogP contribution in [0.25, 0.3) is 0 Å². The number of thioether (sulfide) groups is 1. The maximum Gasteiger partial charge on any atom is 0.327 e. The lowest BCUT2D eigenvalue weighted by atomic mass is 10.2. The van der Waals surface area contributed by atoms with Gasteiger partial charge in [0.25, 0.3) is 0 Å². The molecule has 6 heteroatoms. The standard InChI is InChI=1S/C13H22N2O3S/c1-2-12-15(10(9-19-12)13(17)18)11(16)5-8-14-6-3-4-7-14/h10,12H,2-9H2,1H3,(H,17,18). The van der Waals surface area contributed by atoms with Gasteiger partial charge < -0.3 is 14.9 Å². The van der Waals surface area contributed by atoms with Gasteiger partial charge in [-0.25, -0.2) is 4.79 Å². The molecule has 2 aliphatic heterocycles. The van der Waals surface area contributed by atoms with Crippen molar-refractivity contribution in [1.29, 1.82) is 0 Å². The maximum atomic E-state index is 12.3. The number of rotatable bonds is 5. The van der Waals surface area contributed by atoms with Crippen LogP contribution in [0.5, 0.6) is 0 Å². The fourth-order valence-electron chi connectivity index (χ4n) is 2.79. The van der Waals surface area contributed by atoms with Crippen LogP contribution in [0.2, 0.25) is 0 Å². The van der Waals surface area contributed by atoms with Crippen molar-refractivity contribution in [1.82, 2.24) is 9.80 Å². The Kier molecular flexibility index (Phi) is 5.10. The van der Waals surface area contributed by atoms with Gasteiger partial charge in [0.05, 0.1) is 5.37 Å². The molecule has 19 heavy (non-hydrogen) atoms. The molecule has 2 aliphatic rings. The maximum absolute atomic E-state index is 12.3. The molecule has 0 radical (unpaired) electrons. The molecule has 2 rings (SSSR count). The van der Waals surface area contributed by atoms with Gasteiger partial charge in [-0.1, -0.05) is 6.92 Å². The van der Waals surface area contributed by atoms with E-state index >= 15 is 0 Å². The molecule has 0 saturated carbocycles. The topological polar surface area (TPSA) is 60.9 Å². The lowest BCUT2D eigenvalue weighted by molar-refractivity contribution is -0.149. The second-order valence-electron chi connectivity index (χ2n) is 5.15. The average Bonchev–Trinajstić information content (AvgIpc) is 3.04. The molecule has 1 N–H and O–H groups in total. The number of carbonyl (C=O) groups excluding carboxylic acids is 1. The van der Waals surface area contributed by atoms with E-state index in [1.807, 2.05) is 6.92 Å². The number of likely N-dealkylation sites (tertiary alicyclic amines) is 1. The number of amides is 1. The van der Waals surface area contributed by atoms with E-state index in [2.05, 4.69) is 4.90 Å². The van der Waals surface area contributed by atoms with E-state index in [0.29, 0.717) is 12.2 Å². The Morgan fingerprint density at radius 3 is 2.58 bits per heavy atom. The van der Waals surface area contributed by atoms with Crippen molar-refractivity contribution in [2.45, 2.75) is 44.0 Å². The molecule has 2 atom stereocenters. The lowest BCUT2D eigenvalue weighted by Crippen LogP contribution is -2.46. The Balaban J connectivity index is 1.91. The highest BCUT2D eigenvalue weighted by Crippen LogP contribution is 2.31. The molecule has 0 spiro atoms. The predicted molar refractivity (Wildman–Crippen MR) is 75.1 cm³/mol. The summed E-state index contributed by atoms with van der Waals surface area (Å²) in [6, 6.07) is -0.638. The number of carboxylic acids is 1. The van der Waals surface area contributed by atoms with E-state index in [1.54, 1.807) is 16.7 Å². The number of hydrogen-bond acceptors (Lipinski definition) is 4. The van der Waals surface area contributed by atoms with E-state index in [1.165, 1.54) is 12.8 Å². The molecule has 0 aromatic carbocycles. The van der Waals surface area contributed by atoms with Gasteiger partial charge in [0, 0.05) is 18.7 Å². The molecule has 2 saturated heterocycles. The first kappa shape index (κ1) is 14.7. The summed E-state index contributed by atoms with van der Waals surface area (Å²) in [5.41, 5.74) is 0. The minimum Gasteiger partial charge on any atom is -0.480 e. The summed E-state index contributed by atoms with van der Waals surface area (Å²) in [5, 5.41) is 9.24. The number of carbonyl (C=O) groups is 2. The highest BCUT2D eigenvalue weighted by Gasteiger charge is 2.40. The Labute approximate surface area is 118 Å². The molecule has 2 fully saturated rings. The van der Waals surface area contributed by atoms with Crippen LogP contribution in [0, 0.1) is 0 Å². The molecular formula is C13H22N2O3S. The van der Waals surface area contributed by atoms with E-state index in [4.69, 9.17) is 0 Å². The van der Waals surface area contributed by atoms with Gasteiger partial charge in [0.2, 0.25) is 5.91 Å². The summed E-state index contributed by atoms with van der Waals surface area (Å²) in [7, 11) is 0. The second-order valence-corrected chi connectivity index (χ2v) is 6.36. The molecule has 0 bridgehead atoms. The monoisotopic (exact) mass is 286 g/mol. The van der Waals surface area contributed by atoms with Crippen LogP contribution in [0.15, 0.2) is 0 Å². The zero-order valence-corrected chi connectivity index (χ0v) is 12.2. The van der Waals surface area contributed by atoms with Gasteiger partial charge in [-0.15, -0.1) is 11.8 Å². The molecule has 1 amide bonds. The lowest BCUT2D eigenvalue weighted by Gasteiger charge is -2.27. The van der Waals surface area contributed by atoms with Crippen LogP contribution in [0.4, 0.5) is 0 Å². The third-order valence-electron chi connectivity index (χ3n) is 3.86. The SMILES string of the molecule is CCC1SCC(C(=O)O)N1C(=O)CCN1CCCC1. The van der Waals surface area contributed by atoms with Gasteiger partial charge in [0.1, 0.15) is 6.04 Å². The summed E-state index contributed by atoms with van der Waals surface area (Å²) < 4.78 is 0. The van der Waals surface area contributed by atoms with E-state index in [-0.39, 0.29) is 11.3 Å². The minimum atomic E-state index is -0.877. The zero-order valence-electron chi connectivity index (χ0n) is 11.4. The first-order chi connectivity index (χ1) is 9.13. The Morgan fingerprint density at radius 2 is 2.00 bits per heavy atom. The highest BCUT2D eigenvalue weighted by molar-refractivity contribution is 8.00. The van der Waals surface area contributed by atoms with Gasteiger partial charge in [-0.05, 0) is 32.4 Å². The second kappa shape index (κ2) is 6.61.